The zero-order valence-electron chi connectivity index (χ0n) is 21.4. The average molecular weight is 536 g/mol. The molecule has 2 aromatic heterocycles. The van der Waals surface area contributed by atoms with E-state index in [-0.39, 0.29) is 28.6 Å². The van der Waals surface area contributed by atoms with Gasteiger partial charge in [-0.2, -0.15) is 0 Å². The minimum Gasteiger partial charge on any atom is -0.437 e. The highest BCUT2D eigenvalue weighted by Crippen LogP contribution is 2.41. The zero-order valence-corrected chi connectivity index (χ0v) is 22.2. The van der Waals surface area contributed by atoms with Crippen molar-refractivity contribution in [3.05, 3.63) is 66.2 Å². The van der Waals surface area contributed by atoms with E-state index < -0.39 is 15.8 Å². The van der Waals surface area contributed by atoms with Gasteiger partial charge in [0.2, 0.25) is 21.9 Å². The lowest BCUT2D eigenvalue weighted by atomic mass is 9.96. The van der Waals surface area contributed by atoms with Gasteiger partial charge < -0.3 is 10.1 Å². The van der Waals surface area contributed by atoms with Crippen LogP contribution in [0.2, 0.25) is 0 Å². The number of nitrogens with zero attached hydrogens (tertiary/aromatic N) is 3. The van der Waals surface area contributed by atoms with E-state index in [0.717, 1.165) is 12.8 Å². The summed E-state index contributed by atoms with van der Waals surface area (Å²) in [5, 5.41) is 4.39. The Morgan fingerprint density at radius 1 is 1.00 bits per heavy atom. The average Bonchev–Trinajstić information content (AvgIpc) is 2.94. The van der Waals surface area contributed by atoms with Gasteiger partial charge in [0.05, 0.1) is 22.7 Å². The topological polar surface area (TPSA) is 106 Å². The predicted molar refractivity (Wildman–Crippen MR) is 148 cm³/mol. The Kier molecular flexibility index (Phi) is 7.42. The number of benzene rings is 2. The lowest BCUT2D eigenvalue weighted by molar-refractivity contribution is 0.460. The number of halogens is 1. The normalized spacial score (nSPS) is 14.4. The number of aromatic nitrogens is 3. The van der Waals surface area contributed by atoms with Crippen molar-refractivity contribution in [3.8, 4) is 22.9 Å². The van der Waals surface area contributed by atoms with Gasteiger partial charge in [0.1, 0.15) is 5.75 Å². The Hall–Kier alpha value is -3.79. The minimum atomic E-state index is -3.70. The molecule has 0 saturated heterocycles. The number of sulfonamides is 1. The second kappa shape index (κ2) is 10.9. The number of anilines is 2. The molecular weight excluding hydrogens is 505 g/mol. The van der Waals surface area contributed by atoms with Gasteiger partial charge in [-0.1, -0.05) is 43.5 Å². The van der Waals surface area contributed by atoms with E-state index >= 15 is 4.39 Å². The van der Waals surface area contributed by atoms with E-state index in [1.54, 1.807) is 55.7 Å². The van der Waals surface area contributed by atoms with Crippen LogP contribution in [0, 0.1) is 12.7 Å². The summed E-state index contributed by atoms with van der Waals surface area (Å²) in [5.41, 5.74) is 1.32. The van der Waals surface area contributed by atoms with Crippen molar-refractivity contribution < 1.29 is 17.5 Å². The van der Waals surface area contributed by atoms with Crippen molar-refractivity contribution in [1.29, 1.82) is 0 Å². The molecule has 1 aliphatic carbocycles. The number of hydrogen-bond donors (Lipinski definition) is 2. The Balaban J connectivity index is 1.54. The molecule has 0 aliphatic heterocycles. The third kappa shape index (κ3) is 5.40. The monoisotopic (exact) mass is 535 g/mol. The summed E-state index contributed by atoms with van der Waals surface area (Å²) in [7, 11) is -3.70. The van der Waals surface area contributed by atoms with Crippen molar-refractivity contribution in [2.24, 2.45) is 0 Å². The van der Waals surface area contributed by atoms with Crippen LogP contribution in [0.25, 0.3) is 22.0 Å². The van der Waals surface area contributed by atoms with E-state index in [1.807, 2.05) is 6.07 Å². The molecule has 8 nitrogen and oxygen atoms in total. The first-order chi connectivity index (χ1) is 18.4. The smallest absolute Gasteiger partial charge is 0.232 e. The highest BCUT2D eigenvalue weighted by Gasteiger charge is 2.23. The molecule has 0 unspecified atom stereocenters. The first kappa shape index (κ1) is 25.8. The number of pyridine rings is 1. The van der Waals surface area contributed by atoms with E-state index in [9.17, 15) is 8.42 Å². The van der Waals surface area contributed by atoms with Crippen LogP contribution in [0.5, 0.6) is 11.6 Å². The first-order valence-electron chi connectivity index (χ1n) is 12.8. The molecule has 0 amide bonds. The van der Waals surface area contributed by atoms with E-state index in [2.05, 4.69) is 20.0 Å². The lowest BCUT2D eigenvalue weighted by Crippen LogP contribution is -2.23. The molecule has 1 fully saturated rings. The summed E-state index contributed by atoms with van der Waals surface area (Å²) in [5.74, 6) is 0.182. The maximum absolute atomic E-state index is 15.6. The molecule has 2 N–H and O–H groups in total. The highest BCUT2D eigenvalue weighted by molar-refractivity contribution is 7.92. The van der Waals surface area contributed by atoms with E-state index in [0.29, 0.717) is 34.0 Å². The minimum absolute atomic E-state index is 0.0947. The summed E-state index contributed by atoms with van der Waals surface area (Å²) in [6.45, 7) is 3.05. The van der Waals surface area contributed by atoms with Gasteiger partial charge in [-0.25, -0.2) is 27.8 Å². The fraction of sp³-hybridized carbons (Fsp3) is 0.321. The van der Waals surface area contributed by atoms with Crippen LogP contribution < -0.4 is 14.8 Å². The SMILES string of the molecule is CCS(=O)(=O)Nc1c(F)c(C)c(Oc2ncccc2-c2ccnc(NC3CCCCC3)n2)c2ccccc12. The quantitative estimate of drug-likeness (QED) is 0.267. The Labute approximate surface area is 221 Å². The molecule has 38 heavy (non-hydrogen) atoms. The van der Waals surface area contributed by atoms with Crippen molar-refractivity contribution in [3.63, 3.8) is 0 Å². The van der Waals surface area contributed by atoms with Gasteiger partial charge in [0.15, 0.2) is 5.82 Å². The van der Waals surface area contributed by atoms with Crippen LogP contribution in [0.15, 0.2) is 54.9 Å². The van der Waals surface area contributed by atoms with Gasteiger partial charge in [0, 0.05) is 34.8 Å². The van der Waals surface area contributed by atoms with Crippen molar-refractivity contribution in [1.82, 2.24) is 15.0 Å². The second-order valence-corrected chi connectivity index (χ2v) is 11.4. The summed E-state index contributed by atoms with van der Waals surface area (Å²) in [4.78, 5) is 13.5. The van der Waals surface area contributed by atoms with Crippen LogP contribution in [-0.2, 0) is 10.0 Å². The van der Waals surface area contributed by atoms with Crippen LogP contribution in [-0.4, -0.2) is 35.2 Å². The largest absolute Gasteiger partial charge is 0.437 e. The molecule has 0 bridgehead atoms. The molecule has 0 spiro atoms. The van der Waals surface area contributed by atoms with Gasteiger partial charge >= 0.3 is 0 Å². The van der Waals surface area contributed by atoms with Crippen LogP contribution >= 0.6 is 0 Å². The van der Waals surface area contributed by atoms with Crippen LogP contribution in [0.1, 0.15) is 44.6 Å². The summed E-state index contributed by atoms with van der Waals surface area (Å²) in [6.07, 6.45) is 9.13. The zero-order chi connectivity index (χ0) is 26.7. The van der Waals surface area contributed by atoms with Gasteiger partial charge in [-0.15, -0.1) is 0 Å². The predicted octanol–water partition coefficient (Wildman–Crippen LogP) is 6.44. The number of nitrogens with one attached hydrogen (secondary N) is 2. The summed E-state index contributed by atoms with van der Waals surface area (Å²) in [6, 6.07) is 12.7. The van der Waals surface area contributed by atoms with E-state index in [1.165, 1.54) is 26.2 Å². The third-order valence-corrected chi connectivity index (χ3v) is 8.08. The van der Waals surface area contributed by atoms with Crippen LogP contribution in [0.3, 0.4) is 0 Å². The molecule has 0 radical (unpaired) electrons. The molecule has 2 heterocycles. The number of rotatable bonds is 8. The second-order valence-electron chi connectivity index (χ2n) is 9.40. The summed E-state index contributed by atoms with van der Waals surface area (Å²) < 4.78 is 48.8. The highest BCUT2D eigenvalue weighted by atomic mass is 32.2. The molecule has 2 aromatic carbocycles. The fourth-order valence-corrected chi connectivity index (χ4v) is 5.39. The van der Waals surface area contributed by atoms with Crippen molar-refractivity contribution in [2.45, 2.75) is 52.0 Å². The first-order valence-corrected chi connectivity index (χ1v) is 14.5. The molecule has 5 rings (SSSR count). The standard InChI is InChI=1S/C28H30FN5O3S/c1-3-38(35,36)34-25-20-12-7-8-13-21(20)26(18(2)24(25)29)37-27-22(14-9-16-30-27)23-15-17-31-28(33-23)32-19-10-5-4-6-11-19/h7-9,12-17,19,34H,3-6,10-11H2,1-2H3,(H,31,32,33). The van der Waals surface area contributed by atoms with E-state index in [4.69, 9.17) is 9.72 Å². The maximum Gasteiger partial charge on any atom is 0.232 e. The third-order valence-electron chi connectivity index (χ3n) is 6.81. The Bertz CT molecular complexity index is 1570. The van der Waals surface area contributed by atoms with Gasteiger partial charge in [-0.3, -0.25) is 4.72 Å². The number of fused-ring (bicyclic) bond motifs is 1. The van der Waals surface area contributed by atoms with Crippen molar-refractivity contribution >= 4 is 32.4 Å². The van der Waals surface area contributed by atoms with Crippen LogP contribution in [0.4, 0.5) is 16.0 Å². The molecule has 4 aromatic rings. The molecule has 198 valence electrons. The Morgan fingerprint density at radius 2 is 1.76 bits per heavy atom. The maximum atomic E-state index is 15.6. The molecule has 10 heteroatoms. The molecular formula is C28H30FN5O3S. The van der Waals surface area contributed by atoms with Crippen molar-refractivity contribution in [2.75, 3.05) is 15.8 Å². The van der Waals surface area contributed by atoms with Gasteiger partial charge in [0.25, 0.3) is 0 Å². The number of ether oxygens (including phenoxy) is 1. The molecule has 0 atom stereocenters. The van der Waals surface area contributed by atoms with Gasteiger partial charge in [-0.05, 0) is 44.9 Å². The Morgan fingerprint density at radius 3 is 2.53 bits per heavy atom. The molecule has 1 aliphatic rings. The lowest BCUT2D eigenvalue weighted by Gasteiger charge is -2.22. The molecule has 1 saturated carbocycles. The number of hydrogen-bond acceptors (Lipinski definition) is 7. The fourth-order valence-electron chi connectivity index (χ4n) is 4.74. The summed E-state index contributed by atoms with van der Waals surface area (Å²) >= 11 is 0.